The summed E-state index contributed by atoms with van der Waals surface area (Å²) in [6.45, 7) is -0.421. The van der Waals surface area contributed by atoms with Crippen LogP contribution in [-0.2, 0) is 14.3 Å². The van der Waals surface area contributed by atoms with E-state index >= 15 is 0 Å². The van der Waals surface area contributed by atoms with Gasteiger partial charge in [-0.3, -0.25) is 4.79 Å². The molecule has 7 heteroatoms. The summed E-state index contributed by atoms with van der Waals surface area (Å²) in [6, 6.07) is 11.5. The molecule has 2 aromatic carbocycles. The Kier molecular flexibility index (Phi) is 6.93. The molecule has 6 nitrogen and oxygen atoms in total. The van der Waals surface area contributed by atoms with Gasteiger partial charge in [0.05, 0.1) is 7.11 Å². The SMILES string of the molecule is COc1ccc(/C=C/C(=O)OCC(=O)Nc2ccc(N(C)C)cc2)cc1F. The molecule has 2 rings (SSSR count). The number of hydrogen-bond acceptors (Lipinski definition) is 5. The van der Waals surface area contributed by atoms with Gasteiger partial charge in [-0.1, -0.05) is 6.07 Å². The van der Waals surface area contributed by atoms with E-state index in [0.29, 0.717) is 11.3 Å². The van der Waals surface area contributed by atoms with Crippen molar-refractivity contribution in [3.63, 3.8) is 0 Å². The Balaban J connectivity index is 1.82. The molecule has 0 aromatic heterocycles. The maximum absolute atomic E-state index is 13.6. The first kappa shape index (κ1) is 20.0. The number of esters is 1. The number of rotatable bonds is 7. The molecular weight excluding hydrogens is 351 g/mol. The van der Waals surface area contributed by atoms with Gasteiger partial charge in [0.15, 0.2) is 18.2 Å². The van der Waals surface area contributed by atoms with E-state index in [9.17, 15) is 14.0 Å². The maximum atomic E-state index is 13.6. The van der Waals surface area contributed by atoms with E-state index < -0.39 is 24.3 Å². The first-order valence-corrected chi connectivity index (χ1v) is 8.14. The van der Waals surface area contributed by atoms with Crippen molar-refractivity contribution < 1.29 is 23.5 Å². The molecule has 142 valence electrons. The Morgan fingerprint density at radius 1 is 1.15 bits per heavy atom. The standard InChI is InChI=1S/C20H21FN2O4/c1-23(2)16-8-6-15(7-9-16)22-19(24)13-27-20(25)11-5-14-4-10-18(26-3)17(21)12-14/h4-12H,13H2,1-3H3,(H,22,24)/b11-5+. The highest BCUT2D eigenvalue weighted by Crippen LogP contribution is 2.18. The van der Waals surface area contributed by atoms with E-state index in [0.717, 1.165) is 11.8 Å². The number of nitrogens with zero attached hydrogens (tertiary/aromatic N) is 1. The number of ether oxygens (including phenoxy) is 2. The lowest BCUT2D eigenvalue weighted by Crippen LogP contribution is -2.20. The first-order chi connectivity index (χ1) is 12.9. The number of anilines is 2. The second kappa shape index (κ2) is 9.38. The minimum absolute atomic E-state index is 0.116. The predicted molar refractivity (Wildman–Crippen MR) is 102 cm³/mol. The average molecular weight is 372 g/mol. The molecule has 27 heavy (non-hydrogen) atoms. The third-order valence-electron chi connectivity index (χ3n) is 3.60. The van der Waals surface area contributed by atoms with Crippen molar-refractivity contribution in [3.8, 4) is 5.75 Å². The summed E-state index contributed by atoms with van der Waals surface area (Å²) in [6.07, 6.45) is 2.52. The highest BCUT2D eigenvalue weighted by Gasteiger charge is 2.07. The lowest BCUT2D eigenvalue weighted by Gasteiger charge is -2.13. The topological polar surface area (TPSA) is 67.9 Å². The fraction of sp³-hybridized carbons (Fsp3) is 0.200. The van der Waals surface area contributed by atoms with Gasteiger partial charge < -0.3 is 19.7 Å². The van der Waals surface area contributed by atoms with Gasteiger partial charge in [-0.25, -0.2) is 9.18 Å². The molecule has 0 heterocycles. The Morgan fingerprint density at radius 2 is 1.85 bits per heavy atom. The lowest BCUT2D eigenvalue weighted by molar-refractivity contribution is -0.142. The predicted octanol–water partition coefficient (Wildman–Crippen LogP) is 3.10. The molecule has 2 aromatic rings. The van der Waals surface area contributed by atoms with Crippen LogP contribution in [-0.4, -0.2) is 39.7 Å². The van der Waals surface area contributed by atoms with Gasteiger partial charge in [0.1, 0.15) is 0 Å². The van der Waals surface area contributed by atoms with Crippen LogP contribution >= 0.6 is 0 Å². The summed E-state index contributed by atoms with van der Waals surface area (Å²) in [5, 5.41) is 2.64. The van der Waals surface area contributed by atoms with Crippen molar-refractivity contribution in [2.45, 2.75) is 0 Å². The molecule has 1 N–H and O–H groups in total. The van der Waals surface area contributed by atoms with Crippen LogP contribution < -0.4 is 15.0 Å². The summed E-state index contributed by atoms with van der Waals surface area (Å²) in [7, 11) is 5.20. The van der Waals surface area contributed by atoms with E-state index in [1.165, 1.54) is 25.3 Å². The molecule has 0 radical (unpaired) electrons. The van der Waals surface area contributed by atoms with Gasteiger partial charge in [0, 0.05) is 31.5 Å². The number of carbonyl (C=O) groups is 2. The highest BCUT2D eigenvalue weighted by molar-refractivity contribution is 5.94. The maximum Gasteiger partial charge on any atom is 0.331 e. The molecule has 0 fully saturated rings. The van der Waals surface area contributed by atoms with Crippen molar-refractivity contribution in [2.75, 3.05) is 38.0 Å². The molecule has 0 aliphatic rings. The average Bonchev–Trinajstić information content (AvgIpc) is 2.65. The summed E-state index contributed by atoms with van der Waals surface area (Å²) in [4.78, 5) is 25.5. The lowest BCUT2D eigenvalue weighted by atomic mass is 10.2. The van der Waals surface area contributed by atoms with Gasteiger partial charge in [-0.05, 0) is 48.0 Å². The molecule has 0 unspecified atom stereocenters. The zero-order chi connectivity index (χ0) is 19.8. The number of hydrogen-bond donors (Lipinski definition) is 1. The minimum atomic E-state index is -0.704. The smallest absolute Gasteiger partial charge is 0.331 e. The van der Waals surface area contributed by atoms with E-state index in [-0.39, 0.29) is 5.75 Å². The second-order valence-electron chi connectivity index (χ2n) is 5.82. The van der Waals surface area contributed by atoms with E-state index in [2.05, 4.69) is 5.32 Å². The first-order valence-electron chi connectivity index (χ1n) is 8.14. The fourth-order valence-corrected chi connectivity index (χ4v) is 2.18. The molecular formula is C20H21FN2O4. The molecule has 0 aliphatic heterocycles. The number of nitrogens with one attached hydrogen (secondary N) is 1. The number of amides is 1. The van der Waals surface area contributed by atoms with E-state index in [1.54, 1.807) is 18.2 Å². The third kappa shape index (κ3) is 6.14. The molecule has 1 amide bonds. The quantitative estimate of drug-likeness (QED) is 0.598. The summed E-state index contributed by atoms with van der Waals surface area (Å²) < 4.78 is 23.3. The van der Waals surface area contributed by atoms with Crippen molar-refractivity contribution in [3.05, 3.63) is 59.9 Å². The number of methoxy groups -OCH3 is 1. The van der Waals surface area contributed by atoms with Crippen LogP contribution in [0.25, 0.3) is 6.08 Å². The fourth-order valence-electron chi connectivity index (χ4n) is 2.18. The molecule has 0 aliphatic carbocycles. The molecule has 0 atom stereocenters. The molecule has 0 bridgehead atoms. The summed E-state index contributed by atoms with van der Waals surface area (Å²) in [5.74, 6) is -1.58. The van der Waals surface area contributed by atoms with Crippen molar-refractivity contribution >= 4 is 29.3 Å². The Bertz CT molecular complexity index is 832. The molecule has 0 spiro atoms. The molecule has 0 saturated heterocycles. The Morgan fingerprint density at radius 3 is 2.44 bits per heavy atom. The van der Waals surface area contributed by atoms with Crippen molar-refractivity contribution in [1.29, 1.82) is 0 Å². The van der Waals surface area contributed by atoms with Crippen LogP contribution in [0.5, 0.6) is 5.75 Å². The van der Waals surface area contributed by atoms with Crippen LogP contribution in [0.4, 0.5) is 15.8 Å². The van der Waals surface area contributed by atoms with Crippen LogP contribution in [0, 0.1) is 5.82 Å². The van der Waals surface area contributed by atoms with Gasteiger partial charge in [0.25, 0.3) is 5.91 Å². The number of benzene rings is 2. The molecule has 0 saturated carbocycles. The Labute approximate surface area is 157 Å². The van der Waals surface area contributed by atoms with Gasteiger partial charge in [-0.15, -0.1) is 0 Å². The number of carbonyl (C=O) groups excluding carboxylic acids is 2. The largest absolute Gasteiger partial charge is 0.494 e. The monoisotopic (exact) mass is 372 g/mol. The van der Waals surface area contributed by atoms with Crippen LogP contribution in [0.1, 0.15) is 5.56 Å². The highest BCUT2D eigenvalue weighted by atomic mass is 19.1. The summed E-state index contributed by atoms with van der Waals surface area (Å²) >= 11 is 0. The van der Waals surface area contributed by atoms with Crippen molar-refractivity contribution in [2.24, 2.45) is 0 Å². The Hall–Kier alpha value is -3.35. The van der Waals surface area contributed by atoms with Crippen LogP contribution in [0.2, 0.25) is 0 Å². The van der Waals surface area contributed by atoms with Gasteiger partial charge in [0.2, 0.25) is 0 Å². The summed E-state index contributed by atoms with van der Waals surface area (Å²) in [5.41, 5.74) is 2.07. The minimum Gasteiger partial charge on any atom is -0.494 e. The zero-order valence-electron chi connectivity index (χ0n) is 15.4. The van der Waals surface area contributed by atoms with Gasteiger partial charge in [-0.2, -0.15) is 0 Å². The van der Waals surface area contributed by atoms with Crippen LogP contribution in [0.3, 0.4) is 0 Å². The van der Waals surface area contributed by atoms with Crippen molar-refractivity contribution in [1.82, 2.24) is 0 Å². The normalized spacial score (nSPS) is 10.5. The van der Waals surface area contributed by atoms with E-state index in [4.69, 9.17) is 9.47 Å². The zero-order valence-corrected chi connectivity index (χ0v) is 15.4. The van der Waals surface area contributed by atoms with Gasteiger partial charge >= 0.3 is 5.97 Å². The van der Waals surface area contributed by atoms with Crippen LogP contribution in [0.15, 0.2) is 48.5 Å². The number of halogens is 1. The second-order valence-corrected chi connectivity index (χ2v) is 5.82. The third-order valence-corrected chi connectivity index (χ3v) is 3.60. The van der Waals surface area contributed by atoms with E-state index in [1.807, 2.05) is 31.1 Å².